The van der Waals surface area contributed by atoms with Gasteiger partial charge in [0.05, 0.1) is 6.61 Å². The van der Waals surface area contributed by atoms with Crippen molar-refractivity contribution in [3.8, 4) is 0 Å². The van der Waals surface area contributed by atoms with Crippen molar-refractivity contribution in [3.05, 3.63) is 0 Å². The first-order valence-corrected chi connectivity index (χ1v) is 7.14. The summed E-state index contributed by atoms with van der Waals surface area (Å²) in [6, 6.07) is 0. The molecule has 0 aliphatic rings. The zero-order valence-electron chi connectivity index (χ0n) is 11.6. The van der Waals surface area contributed by atoms with Crippen LogP contribution in [0.25, 0.3) is 0 Å². The van der Waals surface area contributed by atoms with Gasteiger partial charge in [0, 0.05) is 0 Å². The molecule has 158 valence electrons. The SMILES string of the molecule is O=P(OCCF)(OC(C(F)(F)F)C(F)(F)F)OC(C(F)(F)F)C(F)(F)F. The van der Waals surface area contributed by atoms with E-state index in [2.05, 4.69) is 13.6 Å². The Balaban J connectivity index is 5.93. The van der Waals surface area contributed by atoms with Crippen molar-refractivity contribution in [2.45, 2.75) is 36.9 Å². The van der Waals surface area contributed by atoms with Crippen LogP contribution in [0.5, 0.6) is 0 Å². The largest absolute Gasteiger partial charge is 0.476 e. The Morgan fingerprint density at radius 2 is 0.923 bits per heavy atom. The number of hydrogen-bond acceptors (Lipinski definition) is 4. The summed E-state index contributed by atoms with van der Waals surface area (Å²) in [6.07, 6.45) is -36.2. The van der Waals surface area contributed by atoms with Gasteiger partial charge >= 0.3 is 32.5 Å². The first kappa shape index (κ1) is 25.2. The van der Waals surface area contributed by atoms with Gasteiger partial charge in [0.2, 0.25) is 0 Å². The van der Waals surface area contributed by atoms with Crippen molar-refractivity contribution in [2.75, 3.05) is 13.3 Å². The molecule has 4 nitrogen and oxygen atoms in total. The fourth-order valence-electron chi connectivity index (χ4n) is 1.10. The first-order chi connectivity index (χ1) is 11.2. The highest BCUT2D eigenvalue weighted by Gasteiger charge is 2.65. The minimum atomic E-state index is -6.85. The van der Waals surface area contributed by atoms with Crippen LogP contribution in [0.3, 0.4) is 0 Å². The van der Waals surface area contributed by atoms with Crippen LogP contribution in [0.4, 0.5) is 57.1 Å². The van der Waals surface area contributed by atoms with Crippen molar-refractivity contribution < 1.29 is 75.2 Å². The van der Waals surface area contributed by atoms with E-state index in [1.165, 1.54) is 0 Å². The molecule has 18 heteroatoms. The van der Waals surface area contributed by atoms with Gasteiger partial charge in [-0.3, -0.25) is 13.6 Å². The third-order valence-electron chi connectivity index (χ3n) is 1.98. The monoisotopic (exact) mass is 444 g/mol. The quantitative estimate of drug-likeness (QED) is 0.405. The molecule has 0 bridgehead atoms. The predicted octanol–water partition coefficient (Wildman–Crippen LogP) is 5.10. The molecule has 0 aliphatic heterocycles. The second-order valence-electron chi connectivity index (χ2n) is 4.11. The van der Waals surface area contributed by atoms with E-state index in [1.807, 2.05) is 0 Å². The Kier molecular flexibility index (Phi) is 7.81. The normalized spacial score (nSPS) is 15.2. The molecule has 0 aliphatic carbocycles. The average molecular weight is 444 g/mol. The second kappa shape index (κ2) is 8.06. The van der Waals surface area contributed by atoms with Crippen LogP contribution in [0, 0.1) is 0 Å². The molecule has 0 N–H and O–H groups in total. The number of halogens is 13. The van der Waals surface area contributed by atoms with Crippen molar-refractivity contribution in [3.63, 3.8) is 0 Å². The zero-order valence-corrected chi connectivity index (χ0v) is 12.5. The van der Waals surface area contributed by atoms with Crippen molar-refractivity contribution >= 4 is 7.82 Å². The lowest BCUT2D eigenvalue weighted by molar-refractivity contribution is -0.317. The number of alkyl halides is 13. The maximum atomic E-state index is 12.3. The molecule has 0 heterocycles. The fourth-order valence-corrected chi connectivity index (χ4v) is 2.56. The molecule has 0 unspecified atom stereocenters. The van der Waals surface area contributed by atoms with Gasteiger partial charge < -0.3 is 0 Å². The van der Waals surface area contributed by atoms with Crippen molar-refractivity contribution in [1.29, 1.82) is 0 Å². The lowest BCUT2D eigenvalue weighted by Crippen LogP contribution is -2.46. The van der Waals surface area contributed by atoms with Crippen LogP contribution in [0.15, 0.2) is 0 Å². The Hall–Kier alpha value is -0.800. The van der Waals surface area contributed by atoms with E-state index >= 15 is 0 Å². The Labute approximate surface area is 134 Å². The summed E-state index contributed by atoms with van der Waals surface area (Å²) < 4.78 is 180. The maximum Gasteiger partial charge on any atom is 0.476 e. The third-order valence-corrected chi connectivity index (χ3v) is 3.42. The molecule has 0 aromatic carbocycles. The van der Waals surface area contributed by atoms with Gasteiger partial charge in [-0.25, -0.2) is 8.96 Å². The molecule has 0 fully saturated rings. The van der Waals surface area contributed by atoms with Crippen molar-refractivity contribution in [2.24, 2.45) is 0 Å². The van der Waals surface area contributed by atoms with Gasteiger partial charge in [0.1, 0.15) is 6.67 Å². The first-order valence-electron chi connectivity index (χ1n) is 5.68. The molecule has 26 heavy (non-hydrogen) atoms. The van der Waals surface area contributed by atoms with E-state index in [9.17, 15) is 61.6 Å². The molecule has 0 aromatic rings. The van der Waals surface area contributed by atoms with Crippen LogP contribution in [0.1, 0.15) is 0 Å². The van der Waals surface area contributed by atoms with E-state index in [0.717, 1.165) is 0 Å². The van der Waals surface area contributed by atoms with Gasteiger partial charge in [-0.05, 0) is 0 Å². The van der Waals surface area contributed by atoms with Crippen LogP contribution in [0.2, 0.25) is 0 Å². The highest BCUT2D eigenvalue weighted by molar-refractivity contribution is 7.48. The average Bonchev–Trinajstić information content (AvgIpc) is 2.35. The molecule has 0 saturated carbocycles. The summed E-state index contributed by atoms with van der Waals surface area (Å²) in [5, 5.41) is 0. The molecule has 0 saturated heterocycles. The van der Waals surface area contributed by atoms with E-state index in [0.29, 0.717) is 0 Å². The highest BCUT2D eigenvalue weighted by Crippen LogP contribution is 2.58. The summed E-state index contributed by atoms with van der Waals surface area (Å²) in [7, 11) is -6.85. The zero-order chi connectivity index (χ0) is 21.2. The van der Waals surface area contributed by atoms with E-state index in [1.54, 1.807) is 0 Å². The molecule has 0 aromatic heterocycles. The molecule has 0 amide bonds. The summed E-state index contributed by atoms with van der Waals surface area (Å²) in [5.74, 6) is 0. The third kappa shape index (κ3) is 7.84. The Bertz CT molecular complexity index is 426. The maximum absolute atomic E-state index is 12.3. The van der Waals surface area contributed by atoms with Gasteiger partial charge in [-0.1, -0.05) is 0 Å². The Morgan fingerprint density at radius 3 is 1.12 bits per heavy atom. The summed E-state index contributed by atoms with van der Waals surface area (Å²) in [5.41, 5.74) is 0. The summed E-state index contributed by atoms with van der Waals surface area (Å²) in [4.78, 5) is 0. The molecule has 0 spiro atoms. The standard InChI is InChI=1S/C8H6F13O4P/c9-1-2-23-26(22,24-3(5(10,11)12)6(13,14)15)25-4(7(16,17)18)8(19,20)21/h3-4H,1-2H2. The fraction of sp³-hybridized carbons (Fsp3) is 1.00. The van der Waals surface area contributed by atoms with Crippen molar-refractivity contribution in [1.82, 2.24) is 0 Å². The minimum Gasteiger partial charge on any atom is -0.284 e. The topological polar surface area (TPSA) is 44.8 Å². The molecule has 0 radical (unpaired) electrons. The smallest absolute Gasteiger partial charge is 0.284 e. The molecular weight excluding hydrogens is 438 g/mol. The van der Waals surface area contributed by atoms with Gasteiger partial charge in [-0.2, -0.15) is 52.7 Å². The number of phosphoric ester groups is 1. The summed E-state index contributed by atoms with van der Waals surface area (Å²) >= 11 is 0. The molecule has 0 rings (SSSR count). The number of rotatable bonds is 7. The minimum absolute atomic E-state index is 1.79. The second-order valence-corrected chi connectivity index (χ2v) is 5.68. The van der Waals surface area contributed by atoms with E-state index in [4.69, 9.17) is 0 Å². The number of hydrogen-bond donors (Lipinski definition) is 0. The van der Waals surface area contributed by atoms with Crippen LogP contribution in [-0.4, -0.2) is 50.2 Å². The van der Waals surface area contributed by atoms with Crippen LogP contribution >= 0.6 is 7.82 Å². The van der Waals surface area contributed by atoms with Gasteiger partial charge in [-0.15, -0.1) is 0 Å². The highest BCUT2D eigenvalue weighted by atomic mass is 31.2. The van der Waals surface area contributed by atoms with Crippen LogP contribution < -0.4 is 0 Å². The van der Waals surface area contributed by atoms with Gasteiger partial charge in [0.25, 0.3) is 12.2 Å². The van der Waals surface area contributed by atoms with E-state index in [-0.39, 0.29) is 0 Å². The number of phosphoric acid groups is 1. The molecular formula is C8H6F13O4P. The summed E-state index contributed by atoms with van der Waals surface area (Å²) in [6.45, 7) is -3.66. The lowest BCUT2D eigenvalue weighted by Gasteiger charge is -2.30. The van der Waals surface area contributed by atoms with E-state index < -0.39 is 58.0 Å². The lowest BCUT2D eigenvalue weighted by atomic mass is 10.3. The van der Waals surface area contributed by atoms with Gasteiger partial charge in [0.15, 0.2) is 0 Å². The molecule has 0 atom stereocenters. The van der Waals surface area contributed by atoms with Crippen LogP contribution in [-0.2, 0) is 18.1 Å². The predicted molar refractivity (Wildman–Crippen MR) is 53.5 cm³/mol. The Morgan fingerprint density at radius 1 is 0.654 bits per heavy atom.